The molecule has 0 aliphatic carbocycles. The van der Waals surface area contributed by atoms with Crippen LogP contribution in [0.15, 0.2) is 47.5 Å². The van der Waals surface area contributed by atoms with Crippen LogP contribution < -0.4 is 4.74 Å². The van der Waals surface area contributed by atoms with Gasteiger partial charge in [0.1, 0.15) is 18.1 Å². The number of benzene rings is 2. The summed E-state index contributed by atoms with van der Waals surface area (Å²) in [5.41, 5.74) is 1.25. The SMILES string of the molecule is O=C=Nc1ccccc1COc1ccc(O)cc1Cl. The molecule has 4 nitrogen and oxygen atoms in total. The van der Waals surface area contributed by atoms with Crippen LogP contribution in [0.3, 0.4) is 0 Å². The molecule has 0 saturated heterocycles. The summed E-state index contributed by atoms with van der Waals surface area (Å²) < 4.78 is 5.53. The normalized spacial score (nSPS) is 9.74. The van der Waals surface area contributed by atoms with Gasteiger partial charge >= 0.3 is 0 Å². The van der Waals surface area contributed by atoms with Gasteiger partial charge in [-0.1, -0.05) is 29.8 Å². The number of aliphatic imine (C=N–C) groups is 1. The van der Waals surface area contributed by atoms with Crippen LogP contribution >= 0.6 is 11.6 Å². The van der Waals surface area contributed by atoms with Crippen molar-refractivity contribution in [3.63, 3.8) is 0 Å². The lowest BCUT2D eigenvalue weighted by Crippen LogP contribution is -1.96. The number of rotatable bonds is 4. The molecular weight excluding hydrogens is 266 g/mol. The first-order valence-corrected chi connectivity index (χ1v) is 5.85. The second-order valence-electron chi connectivity index (χ2n) is 3.74. The van der Waals surface area contributed by atoms with Crippen molar-refractivity contribution in [3.05, 3.63) is 53.1 Å². The van der Waals surface area contributed by atoms with E-state index in [0.717, 1.165) is 5.56 Å². The number of hydrogen-bond donors (Lipinski definition) is 1. The molecule has 2 aromatic carbocycles. The summed E-state index contributed by atoms with van der Waals surface area (Å²) in [6.45, 7) is 0.214. The molecule has 0 amide bonds. The van der Waals surface area contributed by atoms with E-state index in [1.165, 1.54) is 18.2 Å². The Hall–Kier alpha value is -2.29. The van der Waals surface area contributed by atoms with Crippen LogP contribution in [0.5, 0.6) is 11.5 Å². The maximum atomic E-state index is 10.3. The zero-order valence-electron chi connectivity index (χ0n) is 9.84. The number of aromatic hydroxyl groups is 1. The van der Waals surface area contributed by atoms with E-state index in [-0.39, 0.29) is 12.4 Å². The molecule has 0 aromatic heterocycles. The van der Waals surface area contributed by atoms with Crippen molar-refractivity contribution in [2.45, 2.75) is 6.61 Å². The Bertz CT molecular complexity index is 636. The minimum absolute atomic E-state index is 0.0725. The fourth-order valence-electron chi connectivity index (χ4n) is 1.55. The number of phenolic OH excluding ortho intramolecular Hbond substituents is 1. The monoisotopic (exact) mass is 275 g/mol. The highest BCUT2D eigenvalue weighted by Gasteiger charge is 2.05. The van der Waals surface area contributed by atoms with E-state index >= 15 is 0 Å². The molecule has 19 heavy (non-hydrogen) atoms. The molecule has 0 spiro atoms. The predicted octanol–water partition coefficient (Wildman–Crippen LogP) is 3.59. The van der Waals surface area contributed by atoms with E-state index in [2.05, 4.69) is 4.99 Å². The van der Waals surface area contributed by atoms with Crippen LogP contribution in [-0.2, 0) is 11.4 Å². The Morgan fingerprint density at radius 2 is 2.05 bits per heavy atom. The van der Waals surface area contributed by atoms with E-state index in [4.69, 9.17) is 16.3 Å². The van der Waals surface area contributed by atoms with Crippen molar-refractivity contribution in [2.24, 2.45) is 4.99 Å². The Balaban J connectivity index is 2.16. The summed E-state index contributed by atoms with van der Waals surface area (Å²) in [6.07, 6.45) is 1.50. The van der Waals surface area contributed by atoms with E-state index in [9.17, 15) is 9.90 Å². The second-order valence-corrected chi connectivity index (χ2v) is 4.14. The molecule has 0 unspecified atom stereocenters. The van der Waals surface area contributed by atoms with Crippen LogP contribution in [0.2, 0.25) is 5.02 Å². The van der Waals surface area contributed by atoms with Gasteiger partial charge in [0.2, 0.25) is 6.08 Å². The number of halogens is 1. The van der Waals surface area contributed by atoms with Crippen molar-refractivity contribution in [1.82, 2.24) is 0 Å². The quantitative estimate of drug-likeness (QED) is 0.685. The Kier molecular flexibility index (Phi) is 4.18. The molecule has 0 atom stereocenters. The fourth-order valence-corrected chi connectivity index (χ4v) is 1.78. The molecule has 5 heteroatoms. The van der Waals surface area contributed by atoms with Crippen molar-refractivity contribution in [3.8, 4) is 11.5 Å². The Morgan fingerprint density at radius 3 is 2.79 bits per heavy atom. The van der Waals surface area contributed by atoms with Crippen molar-refractivity contribution < 1.29 is 14.6 Å². The number of phenols is 1. The van der Waals surface area contributed by atoms with E-state index < -0.39 is 0 Å². The van der Waals surface area contributed by atoms with Crippen LogP contribution in [-0.4, -0.2) is 11.2 Å². The first-order valence-electron chi connectivity index (χ1n) is 5.48. The molecule has 0 fully saturated rings. The molecule has 96 valence electrons. The number of isocyanates is 1. The largest absolute Gasteiger partial charge is 0.508 e. The maximum Gasteiger partial charge on any atom is 0.240 e. The van der Waals surface area contributed by atoms with Gasteiger partial charge in [-0.3, -0.25) is 0 Å². The summed E-state index contributed by atoms with van der Waals surface area (Å²) in [5, 5.41) is 9.55. The molecule has 0 aliphatic heterocycles. The van der Waals surface area contributed by atoms with Crippen molar-refractivity contribution in [2.75, 3.05) is 0 Å². The van der Waals surface area contributed by atoms with E-state index in [1.54, 1.807) is 24.3 Å². The summed E-state index contributed by atoms with van der Waals surface area (Å²) in [5.74, 6) is 0.521. The summed E-state index contributed by atoms with van der Waals surface area (Å²) in [4.78, 5) is 13.9. The third kappa shape index (κ3) is 3.35. The maximum absolute atomic E-state index is 10.3. The molecule has 0 bridgehead atoms. The number of ether oxygens (including phenoxy) is 1. The van der Waals surface area contributed by atoms with Crippen LogP contribution in [0, 0.1) is 0 Å². The van der Waals surface area contributed by atoms with Gasteiger partial charge in [0.15, 0.2) is 0 Å². The first-order chi connectivity index (χ1) is 9.20. The van der Waals surface area contributed by atoms with Crippen LogP contribution in [0.25, 0.3) is 0 Å². The fraction of sp³-hybridized carbons (Fsp3) is 0.0714. The summed E-state index contributed by atoms with van der Waals surface area (Å²) in [6, 6.07) is 11.5. The standard InChI is InChI=1S/C14H10ClNO3/c15-12-7-11(18)5-6-14(12)19-8-10-3-1-2-4-13(10)16-9-17/h1-7,18H,8H2. The highest BCUT2D eigenvalue weighted by Crippen LogP contribution is 2.29. The molecule has 0 heterocycles. The van der Waals surface area contributed by atoms with E-state index in [0.29, 0.717) is 16.5 Å². The minimum atomic E-state index is 0.0725. The van der Waals surface area contributed by atoms with Gasteiger partial charge in [-0.25, -0.2) is 4.79 Å². The van der Waals surface area contributed by atoms with Crippen molar-refractivity contribution in [1.29, 1.82) is 0 Å². The van der Waals surface area contributed by atoms with Crippen LogP contribution in [0.1, 0.15) is 5.56 Å². The zero-order chi connectivity index (χ0) is 13.7. The van der Waals surface area contributed by atoms with Gasteiger partial charge in [0, 0.05) is 11.6 Å². The third-order valence-electron chi connectivity index (χ3n) is 2.46. The van der Waals surface area contributed by atoms with Gasteiger partial charge < -0.3 is 9.84 Å². The number of carbonyl (C=O) groups excluding carboxylic acids is 1. The second kappa shape index (κ2) is 6.05. The lowest BCUT2D eigenvalue weighted by molar-refractivity contribution is 0.306. The van der Waals surface area contributed by atoms with Gasteiger partial charge in [-0.15, -0.1) is 0 Å². The van der Waals surface area contributed by atoms with Gasteiger partial charge in [-0.2, -0.15) is 4.99 Å². The summed E-state index contributed by atoms with van der Waals surface area (Å²) in [7, 11) is 0. The van der Waals surface area contributed by atoms with E-state index in [1.807, 2.05) is 6.07 Å². The van der Waals surface area contributed by atoms with Gasteiger partial charge in [0.05, 0.1) is 10.7 Å². The molecule has 1 N–H and O–H groups in total. The number of nitrogens with zero attached hydrogens (tertiary/aromatic N) is 1. The van der Waals surface area contributed by atoms with Crippen molar-refractivity contribution >= 4 is 23.4 Å². The summed E-state index contributed by atoms with van der Waals surface area (Å²) >= 11 is 5.93. The van der Waals surface area contributed by atoms with Gasteiger partial charge in [0.25, 0.3) is 0 Å². The smallest absolute Gasteiger partial charge is 0.240 e. The Labute approximate surface area is 114 Å². The molecule has 0 aliphatic rings. The minimum Gasteiger partial charge on any atom is -0.508 e. The molecule has 2 rings (SSSR count). The van der Waals surface area contributed by atoms with Gasteiger partial charge in [-0.05, 0) is 18.2 Å². The number of para-hydroxylation sites is 1. The topological polar surface area (TPSA) is 58.9 Å². The lowest BCUT2D eigenvalue weighted by Gasteiger charge is -2.09. The lowest BCUT2D eigenvalue weighted by atomic mass is 10.2. The number of hydrogen-bond acceptors (Lipinski definition) is 4. The Morgan fingerprint density at radius 1 is 1.26 bits per heavy atom. The molecule has 0 saturated carbocycles. The molecular formula is C14H10ClNO3. The molecule has 0 radical (unpaired) electrons. The average molecular weight is 276 g/mol. The third-order valence-corrected chi connectivity index (χ3v) is 2.75. The zero-order valence-corrected chi connectivity index (χ0v) is 10.6. The average Bonchev–Trinajstić information content (AvgIpc) is 2.40. The highest BCUT2D eigenvalue weighted by molar-refractivity contribution is 6.32. The first kappa shape index (κ1) is 13.1. The highest BCUT2D eigenvalue weighted by atomic mass is 35.5. The molecule has 2 aromatic rings. The van der Waals surface area contributed by atoms with Crippen LogP contribution in [0.4, 0.5) is 5.69 Å². The predicted molar refractivity (Wildman–Crippen MR) is 71.7 cm³/mol.